The van der Waals surface area contributed by atoms with E-state index >= 15 is 0 Å². The summed E-state index contributed by atoms with van der Waals surface area (Å²) in [5, 5.41) is 19.5. The average molecular weight is 392 g/mol. The van der Waals surface area contributed by atoms with Crippen LogP contribution in [0.1, 0.15) is 16.7 Å². The number of H-pyrrole nitrogens is 1. The van der Waals surface area contributed by atoms with Crippen LogP contribution in [-0.2, 0) is 5.75 Å². The van der Waals surface area contributed by atoms with Gasteiger partial charge in [-0.25, -0.2) is 9.98 Å². The Bertz CT molecular complexity index is 1140. The summed E-state index contributed by atoms with van der Waals surface area (Å²) in [6.07, 6.45) is 0. The van der Waals surface area contributed by atoms with Crippen LogP contribution in [0.5, 0.6) is 0 Å². The summed E-state index contributed by atoms with van der Waals surface area (Å²) in [6.45, 7) is 0.371. The number of hydrogen-bond donors (Lipinski definition) is 1. The van der Waals surface area contributed by atoms with E-state index in [1.54, 1.807) is 0 Å². The first-order valence-corrected chi connectivity index (χ1v) is 9.83. The van der Waals surface area contributed by atoms with Crippen molar-refractivity contribution in [3.8, 4) is 16.6 Å². The molecular formula is C18H12N6OS2. The third-order valence-corrected chi connectivity index (χ3v) is 5.59. The molecule has 1 N–H and O–H groups in total. The van der Waals surface area contributed by atoms with Crippen LogP contribution in [0.2, 0.25) is 0 Å². The van der Waals surface area contributed by atoms with E-state index < -0.39 is 5.56 Å². The highest BCUT2D eigenvalue weighted by Crippen LogP contribution is 2.27. The Hall–Kier alpha value is -3.09. The zero-order valence-electron chi connectivity index (χ0n) is 13.9. The zero-order chi connectivity index (χ0) is 18.6. The van der Waals surface area contributed by atoms with Crippen LogP contribution in [-0.4, -0.2) is 22.5 Å². The van der Waals surface area contributed by atoms with Crippen molar-refractivity contribution in [1.29, 1.82) is 5.26 Å². The molecule has 1 aliphatic rings. The standard InChI is InChI=1S/C18H12N6OS2/c19-8-13-15(14-5-2-6-26-14)22-18(23-17(13)25)27-9-11-3-1-4-12(7-11)16-20-10-21-24-16/h1-7H,9-10H2,(H,22,23,25). The van der Waals surface area contributed by atoms with Crippen molar-refractivity contribution < 1.29 is 0 Å². The maximum absolute atomic E-state index is 12.3. The van der Waals surface area contributed by atoms with Gasteiger partial charge in [0.2, 0.25) is 0 Å². The molecule has 0 radical (unpaired) electrons. The van der Waals surface area contributed by atoms with Gasteiger partial charge in [0.05, 0.1) is 4.88 Å². The van der Waals surface area contributed by atoms with Crippen molar-refractivity contribution in [3.05, 3.63) is 68.8 Å². The molecule has 0 aliphatic carbocycles. The molecule has 9 heteroatoms. The van der Waals surface area contributed by atoms with Gasteiger partial charge in [0.15, 0.2) is 17.7 Å². The SMILES string of the molecule is N#Cc1c(-c2cccs2)nc(SCc2cccc(C3=NCN=N3)c2)[nH]c1=O. The Balaban J connectivity index is 1.59. The van der Waals surface area contributed by atoms with E-state index in [0.717, 1.165) is 16.0 Å². The van der Waals surface area contributed by atoms with Gasteiger partial charge in [-0.3, -0.25) is 4.79 Å². The molecule has 132 valence electrons. The molecule has 0 saturated carbocycles. The monoisotopic (exact) mass is 392 g/mol. The molecule has 1 aromatic carbocycles. The van der Waals surface area contributed by atoms with Crippen molar-refractivity contribution in [2.24, 2.45) is 15.2 Å². The third kappa shape index (κ3) is 3.72. The van der Waals surface area contributed by atoms with Crippen LogP contribution in [0.25, 0.3) is 10.6 Å². The molecule has 4 rings (SSSR count). The molecule has 0 saturated heterocycles. The number of thioether (sulfide) groups is 1. The van der Waals surface area contributed by atoms with E-state index in [1.807, 2.05) is 47.8 Å². The van der Waals surface area contributed by atoms with Gasteiger partial charge in [0.1, 0.15) is 17.3 Å². The fourth-order valence-electron chi connectivity index (χ4n) is 2.55. The van der Waals surface area contributed by atoms with Gasteiger partial charge in [-0.05, 0) is 23.1 Å². The van der Waals surface area contributed by atoms with Crippen molar-refractivity contribution >= 4 is 28.9 Å². The second kappa shape index (κ2) is 7.65. The number of nitrogens with one attached hydrogen (secondary N) is 1. The fourth-order valence-corrected chi connectivity index (χ4v) is 4.07. The number of nitriles is 1. The smallest absolute Gasteiger partial charge is 0.270 e. The second-order valence-electron chi connectivity index (χ2n) is 5.54. The van der Waals surface area contributed by atoms with Crippen molar-refractivity contribution in [2.75, 3.05) is 6.67 Å². The Morgan fingerprint density at radius 2 is 2.22 bits per heavy atom. The molecule has 1 aliphatic heterocycles. The van der Waals surface area contributed by atoms with E-state index in [9.17, 15) is 10.1 Å². The van der Waals surface area contributed by atoms with E-state index in [-0.39, 0.29) is 5.56 Å². The lowest BCUT2D eigenvalue weighted by molar-refractivity contribution is 0.936. The molecular weight excluding hydrogens is 380 g/mol. The predicted octanol–water partition coefficient (Wildman–Crippen LogP) is 3.83. The van der Waals surface area contributed by atoms with E-state index in [4.69, 9.17) is 0 Å². The number of amidine groups is 1. The van der Waals surface area contributed by atoms with E-state index in [2.05, 4.69) is 25.2 Å². The third-order valence-electron chi connectivity index (χ3n) is 3.77. The van der Waals surface area contributed by atoms with Gasteiger partial charge < -0.3 is 4.98 Å². The number of hydrogen-bond acceptors (Lipinski definition) is 8. The number of nitrogens with zero attached hydrogens (tertiary/aromatic N) is 5. The first-order chi connectivity index (χ1) is 13.2. The Kier molecular flexibility index (Phi) is 4.91. The van der Waals surface area contributed by atoms with Gasteiger partial charge in [-0.2, -0.15) is 10.4 Å². The highest BCUT2D eigenvalue weighted by Gasteiger charge is 2.14. The van der Waals surface area contributed by atoms with Crippen molar-refractivity contribution in [1.82, 2.24) is 9.97 Å². The molecule has 3 aromatic rings. The van der Waals surface area contributed by atoms with Gasteiger partial charge in [0, 0.05) is 11.3 Å². The Morgan fingerprint density at radius 3 is 2.96 bits per heavy atom. The lowest BCUT2D eigenvalue weighted by Gasteiger charge is -2.06. The quantitative estimate of drug-likeness (QED) is 0.526. The minimum absolute atomic E-state index is 0.0356. The number of thiophene rings is 1. The summed E-state index contributed by atoms with van der Waals surface area (Å²) >= 11 is 2.85. The molecule has 3 heterocycles. The molecule has 27 heavy (non-hydrogen) atoms. The van der Waals surface area contributed by atoms with Gasteiger partial charge in [-0.1, -0.05) is 36.0 Å². The summed E-state index contributed by atoms with van der Waals surface area (Å²) in [5.74, 6) is 1.24. The number of aliphatic imine (C=N–C) groups is 1. The summed E-state index contributed by atoms with van der Waals surface area (Å²) in [7, 11) is 0. The predicted molar refractivity (Wildman–Crippen MR) is 105 cm³/mol. The summed E-state index contributed by atoms with van der Waals surface area (Å²) in [6, 6.07) is 13.5. The van der Waals surface area contributed by atoms with Gasteiger partial charge >= 0.3 is 0 Å². The Morgan fingerprint density at radius 1 is 1.30 bits per heavy atom. The minimum Gasteiger partial charge on any atom is -0.300 e. The lowest BCUT2D eigenvalue weighted by Crippen LogP contribution is -2.14. The summed E-state index contributed by atoms with van der Waals surface area (Å²) < 4.78 is 0. The number of rotatable bonds is 5. The molecule has 0 spiro atoms. The maximum Gasteiger partial charge on any atom is 0.270 e. The summed E-state index contributed by atoms with van der Waals surface area (Å²) in [4.78, 5) is 24.5. The molecule has 2 aromatic heterocycles. The summed E-state index contributed by atoms with van der Waals surface area (Å²) in [5.41, 5.74) is 2.00. The second-order valence-corrected chi connectivity index (χ2v) is 7.45. The number of aromatic nitrogens is 2. The van der Waals surface area contributed by atoms with Crippen LogP contribution in [0.4, 0.5) is 0 Å². The van der Waals surface area contributed by atoms with Gasteiger partial charge in [-0.15, -0.1) is 16.5 Å². The van der Waals surface area contributed by atoms with E-state index in [1.165, 1.54) is 23.1 Å². The topological polar surface area (TPSA) is 107 Å². The largest absolute Gasteiger partial charge is 0.300 e. The zero-order valence-corrected chi connectivity index (χ0v) is 15.5. The van der Waals surface area contributed by atoms with Crippen LogP contribution >= 0.6 is 23.1 Å². The maximum atomic E-state index is 12.3. The molecule has 0 atom stereocenters. The number of aromatic amines is 1. The average Bonchev–Trinajstić information content (AvgIpc) is 3.40. The normalized spacial score (nSPS) is 12.8. The van der Waals surface area contributed by atoms with Crippen LogP contribution < -0.4 is 5.56 Å². The minimum atomic E-state index is -0.423. The lowest BCUT2D eigenvalue weighted by atomic mass is 10.1. The molecule has 0 amide bonds. The highest BCUT2D eigenvalue weighted by atomic mass is 32.2. The van der Waals surface area contributed by atoms with Crippen LogP contribution in [0.3, 0.4) is 0 Å². The van der Waals surface area contributed by atoms with Crippen LogP contribution in [0.15, 0.2) is 67.0 Å². The number of azo groups is 1. The van der Waals surface area contributed by atoms with Crippen molar-refractivity contribution in [3.63, 3.8) is 0 Å². The number of benzene rings is 1. The molecule has 0 bridgehead atoms. The Labute approximate surface area is 162 Å². The highest BCUT2D eigenvalue weighted by molar-refractivity contribution is 7.98. The van der Waals surface area contributed by atoms with Crippen LogP contribution in [0, 0.1) is 11.3 Å². The van der Waals surface area contributed by atoms with E-state index in [0.29, 0.717) is 29.1 Å². The van der Waals surface area contributed by atoms with Crippen molar-refractivity contribution in [2.45, 2.75) is 10.9 Å². The molecule has 7 nitrogen and oxygen atoms in total. The first kappa shape index (κ1) is 17.3. The van der Waals surface area contributed by atoms with Gasteiger partial charge in [0.25, 0.3) is 5.56 Å². The molecule has 0 unspecified atom stereocenters. The fraction of sp³-hybridized carbons (Fsp3) is 0.111. The molecule has 0 fully saturated rings. The first-order valence-electron chi connectivity index (χ1n) is 7.97.